The summed E-state index contributed by atoms with van der Waals surface area (Å²) in [7, 11) is 3.46. The second kappa shape index (κ2) is 7.18. The van der Waals surface area contributed by atoms with Crippen molar-refractivity contribution in [3.63, 3.8) is 0 Å². The summed E-state index contributed by atoms with van der Waals surface area (Å²) < 4.78 is 11.0. The monoisotopic (exact) mass is 341 g/mol. The summed E-state index contributed by atoms with van der Waals surface area (Å²) in [6.07, 6.45) is 0. The van der Waals surface area contributed by atoms with Gasteiger partial charge < -0.3 is 9.26 Å². The summed E-state index contributed by atoms with van der Waals surface area (Å²) in [5.41, 5.74) is 5.46. The van der Waals surface area contributed by atoms with Crippen molar-refractivity contribution < 1.29 is 14.1 Å². The Hall–Kier alpha value is -3.13. The SMILES string of the molecule is Cc1onc(-c2ccccc2)c1COc1cc(C(=O)NN(C)C)[nH]n1. The van der Waals surface area contributed by atoms with Crippen molar-refractivity contribution in [3.05, 3.63) is 53.4 Å². The second-order valence-electron chi connectivity index (χ2n) is 5.68. The van der Waals surface area contributed by atoms with E-state index in [1.165, 1.54) is 0 Å². The fourth-order valence-corrected chi connectivity index (χ4v) is 2.29. The standard InChI is InChI=1S/C17H19N5O3/c1-11-13(16(21-25-11)12-7-5-4-6-8-12)10-24-15-9-14(18-19-15)17(23)20-22(2)3/h4-9H,10H2,1-3H3,(H,18,19)(H,20,23). The predicted molar refractivity (Wildman–Crippen MR) is 90.7 cm³/mol. The molecule has 130 valence electrons. The van der Waals surface area contributed by atoms with Gasteiger partial charge in [0.05, 0.1) is 5.56 Å². The number of carbonyl (C=O) groups excluding carboxylic acids is 1. The first-order valence-electron chi connectivity index (χ1n) is 7.71. The molecular formula is C17H19N5O3. The summed E-state index contributed by atoms with van der Waals surface area (Å²) in [5, 5.41) is 12.3. The Balaban J connectivity index is 1.72. The molecule has 0 aliphatic rings. The molecule has 2 heterocycles. The normalized spacial score (nSPS) is 10.9. The summed E-state index contributed by atoms with van der Waals surface area (Å²) in [4.78, 5) is 11.9. The lowest BCUT2D eigenvalue weighted by Crippen LogP contribution is -2.36. The summed E-state index contributed by atoms with van der Waals surface area (Å²) in [6.45, 7) is 2.07. The fraction of sp³-hybridized carbons (Fsp3) is 0.235. The third kappa shape index (κ3) is 3.86. The Kier molecular flexibility index (Phi) is 4.80. The van der Waals surface area contributed by atoms with E-state index in [0.29, 0.717) is 17.3 Å². The van der Waals surface area contributed by atoms with Crippen molar-refractivity contribution in [2.24, 2.45) is 0 Å². The van der Waals surface area contributed by atoms with Crippen LogP contribution in [0.1, 0.15) is 21.8 Å². The van der Waals surface area contributed by atoms with Crippen LogP contribution in [-0.2, 0) is 6.61 Å². The molecule has 0 aliphatic heterocycles. The number of aromatic amines is 1. The Morgan fingerprint density at radius 3 is 2.80 bits per heavy atom. The minimum atomic E-state index is -0.293. The van der Waals surface area contributed by atoms with E-state index < -0.39 is 0 Å². The third-order valence-corrected chi connectivity index (χ3v) is 3.52. The maximum atomic E-state index is 11.9. The molecule has 25 heavy (non-hydrogen) atoms. The van der Waals surface area contributed by atoms with Gasteiger partial charge in [-0.15, -0.1) is 5.10 Å². The molecule has 1 aromatic carbocycles. The van der Waals surface area contributed by atoms with Crippen LogP contribution in [0, 0.1) is 6.92 Å². The molecule has 0 saturated heterocycles. The van der Waals surface area contributed by atoms with Crippen molar-refractivity contribution in [3.8, 4) is 17.1 Å². The van der Waals surface area contributed by atoms with E-state index in [0.717, 1.165) is 16.8 Å². The molecule has 0 bridgehead atoms. The van der Waals surface area contributed by atoms with Crippen molar-refractivity contribution in [1.29, 1.82) is 0 Å². The van der Waals surface area contributed by atoms with Crippen molar-refractivity contribution in [1.82, 2.24) is 25.8 Å². The zero-order valence-corrected chi connectivity index (χ0v) is 14.2. The van der Waals surface area contributed by atoms with E-state index in [9.17, 15) is 4.79 Å². The molecule has 8 heteroatoms. The van der Waals surface area contributed by atoms with Crippen molar-refractivity contribution in [2.75, 3.05) is 14.1 Å². The van der Waals surface area contributed by atoms with Gasteiger partial charge in [0.1, 0.15) is 23.8 Å². The number of amides is 1. The summed E-state index contributed by atoms with van der Waals surface area (Å²) in [6, 6.07) is 11.3. The number of hydrogen-bond donors (Lipinski definition) is 2. The molecule has 0 unspecified atom stereocenters. The number of aromatic nitrogens is 3. The molecule has 0 radical (unpaired) electrons. The van der Waals surface area contributed by atoms with E-state index in [4.69, 9.17) is 9.26 Å². The Morgan fingerprint density at radius 1 is 1.32 bits per heavy atom. The van der Waals surface area contributed by atoms with Crippen LogP contribution in [0.2, 0.25) is 0 Å². The maximum Gasteiger partial charge on any atom is 0.283 e. The van der Waals surface area contributed by atoms with Gasteiger partial charge in [-0.2, -0.15) is 0 Å². The lowest BCUT2D eigenvalue weighted by molar-refractivity contribution is 0.0851. The molecule has 0 saturated carbocycles. The fourth-order valence-electron chi connectivity index (χ4n) is 2.29. The number of hydrogen-bond acceptors (Lipinski definition) is 6. The number of ether oxygens (including phenoxy) is 1. The van der Waals surface area contributed by atoms with Crippen LogP contribution in [0.3, 0.4) is 0 Å². The smallest absolute Gasteiger partial charge is 0.283 e. The van der Waals surface area contributed by atoms with Gasteiger partial charge in [-0.05, 0) is 6.92 Å². The summed E-state index contributed by atoms with van der Waals surface area (Å²) >= 11 is 0. The van der Waals surface area contributed by atoms with E-state index >= 15 is 0 Å². The quantitative estimate of drug-likeness (QED) is 0.667. The predicted octanol–water partition coefficient (Wildman–Crippen LogP) is 2.16. The molecule has 1 amide bonds. The first-order valence-corrected chi connectivity index (χ1v) is 7.71. The molecule has 2 N–H and O–H groups in total. The van der Waals surface area contributed by atoms with Crippen LogP contribution in [0.15, 0.2) is 40.9 Å². The zero-order valence-electron chi connectivity index (χ0n) is 14.2. The van der Waals surface area contributed by atoms with Gasteiger partial charge in [0.15, 0.2) is 0 Å². The van der Waals surface area contributed by atoms with Gasteiger partial charge in [-0.3, -0.25) is 15.3 Å². The van der Waals surface area contributed by atoms with Crippen LogP contribution in [0.4, 0.5) is 0 Å². The summed E-state index contributed by atoms with van der Waals surface area (Å²) in [5.74, 6) is 0.710. The largest absolute Gasteiger partial charge is 0.472 e. The minimum Gasteiger partial charge on any atom is -0.472 e. The van der Waals surface area contributed by atoms with Crippen LogP contribution in [0.25, 0.3) is 11.3 Å². The van der Waals surface area contributed by atoms with Gasteiger partial charge in [-0.25, -0.2) is 5.01 Å². The molecule has 2 aromatic heterocycles. The van der Waals surface area contributed by atoms with Gasteiger partial charge in [0.25, 0.3) is 5.91 Å². The number of hydrazine groups is 1. The second-order valence-corrected chi connectivity index (χ2v) is 5.68. The molecule has 3 rings (SSSR count). The van der Waals surface area contributed by atoms with Crippen LogP contribution in [0.5, 0.6) is 5.88 Å². The third-order valence-electron chi connectivity index (χ3n) is 3.52. The molecule has 8 nitrogen and oxygen atoms in total. The van der Waals surface area contributed by atoms with E-state index in [1.807, 2.05) is 37.3 Å². The number of rotatable bonds is 6. The van der Waals surface area contributed by atoms with Gasteiger partial charge >= 0.3 is 0 Å². The number of H-pyrrole nitrogens is 1. The number of benzene rings is 1. The van der Waals surface area contributed by atoms with Gasteiger partial charge in [0, 0.05) is 25.7 Å². The minimum absolute atomic E-state index is 0.235. The zero-order chi connectivity index (χ0) is 17.8. The molecular weight excluding hydrogens is 322 g/mol. The molecule has 0 atom stereocenters. The molecule has 0 aliphatic carbocycles. The topological polar surface area (TPSA) is 96.3 Å². The average molecular weight is 341 g/mol. The first kappa shape index (κ1) is 16.7. The first-order chi connectivity index (χ1) is 12.0. The van der Waals surface area contributed by atoms with Crippen LogP contribution < -0.4 is 10.2 Å². The molecule has 3 aromatic rings. The number of nitrogens with one attached hydrogen (secondary N) is 2. The lowest BCUT2D eigenvalue weighted by atomic mass is 10.1. The molecule has 0 spiro atoms. The highest BCUT2D eigenvalue weighted by atomic mass is 16.5. The lowest BCUT2D eigenvalue weighted by Gasteiger charge is -2.09. The van der Waals surface area contributed by atoms with Crippen LogP contribution >= 0.6 is 0 Å². The molecule has 0 fully saturated rings. The Labute approximate surface area is 144 Å². The Morgan fingerprint density at radius 2 is 2.08 bits per heavy atom. The highest BCUT2D eigenvalue weighted by molar-refractivity contribution is 5.92. The van der Waals surface area contributed by atoms with Crippen molar-refractivity contribution >= 4 is 5.91 Å². The van der Waals surface area contributed by atoms with E-state index in [1.54, 1.807) is 25.2 Å². The van der Waals surface area contributed by atoms with Crippen LogP contribution in [-0.4, -0.2) is 40.4 Å². The Bertz CT molecular complexity index is 854. The number of carbonyl (C=O) groups is 1. The maximum absolute atomic E-state index is 11.9. The van der Waals surface area contributed by atoms with E-state index in [-0.39, 0.29) is 12.5 Å². The average Bonchev–Trinajstić information content (AvgIpc) is 3.20. The van der Waals surface area contributed by atoms with Crippen molar-refractivity contribution in [2.45, 2.75) is 13.5 Å². The highest BCUT2D eigenvalue weighted by Crippen LogP contribution is 2.26. The van der Waals surface area contributed by atoms with Gasteiger partial charge in [0.2, 0.25) is 5.88 Å². The number of aryl methyl sites for hydroxylation is 1. The number of nitrogens with zero attached hydrogens (tertiary/aromatic N) is 3. The highest BCUT2D eigenvalue weighted by Gasteiger charge is 2.16. The van der Waals surface area contributed by atoms with E-state index in [2.05, 4.69) is 20.8 Å². The van der Waals surface area contributed by atoms with Gasteiger partial charge in [-0.1, -0.05) is 35.5 Å².